The fourth-order valence-corrected chi connectivity index (χ4v) is 4.96. The molecule has 1 aliphatic carbocycles. The number of hydrogen-bond donors (Lipinski definition) is 1. The van der Waals surface area contributed by atoms with Crippen molar-refractivity contribution < 1.29 is 14.3 Å². The summed E-state index contributed by atoms with van der Waals surface area (Å²) in [6, 6.07) is 0. The minimum absolute atomic E-state index is 0.201. The number of aromatic nitrogens is 2. The molecule has 0 spiro atoms. The fourth-order valence-electron chi connectivity index (χ4n) is 2.97. The topological polar surface area (TPSA) is 73.2 Å². The van der Waals surface area contributed by atoms with E-state index in [2.05, 4.69) is 33.0 Å². The number of esters is 1. The second kappa shape index (κ2) is 7.45. The van der Waals surface area contributed by atoms with Gasteiger partial charge in [0.2, 0.25) is 0 Å². The van der Waals surface area contributed by atoms with E-state index in [1.807, 2.05) is 13.8 Å². The third-order valence-corrected chi connectivity index (χ3v) is 6.05. The van der Waals surface area contributed by atoms with Gasteiger partial charge in [-0.15, -0.1) is 11.3 Å². The summed E-state index contributed by atoms with van der Waals surface area (Å²) in [6.45, 7) is 3.65. The molecule has 25 heavy (non-hydrogen) atoms. The van der Waals surface area contributed by atoms with Gasteiger partial charge in [-0.1, -0.05) is 0 Å². The molecule has 8 heteroatoms. The Morgan fingerprint density at radius 1 is 1.36 bits per heavy atom. The lowest BCUT2D eigenvalue weighted by Gasteiger charge is -2.14. The Bertz CT molecular complexity index is 806. The minimum atomic E-state index is -0.357. The Morgan fingerprint density at radius 2 is 2.08 bits per heavy atom. The Labute approximate surface area is 164 Å². The predicted molar refractivity (Wildman–Crippen MR) is 105 cm³/mol. The molecule has 0 unspecified atom stereocenters. The quantitative estimate of drug-likeness (QED) is 0.542. The zero-order valence-electron chi connectivity index (χ0n) is 14.4. The number of hydrogen-bond acceptors (Lipinski definition) is 5. The number of anilines is 1. The molecule has 2 heterocycles. The van der Waals surface area contributed by atoms with Gasteiger partial charge >= 0.3 is 5.97 Å². The van der Waals surface area contributed by atoms with Crippen molar-refractivity contribution in [3.8, 4) is 0 Å². The van der Waals surface area contributed by atoms with Crippen molar-refractivity contribution in [3.05, 3.63) is 31.5 Å². The summed E-state index contributed by atoms with van der Waals surface area (Å²) in [7, 11) is 1.73. The number of nitrogens with zero attached hydrogens (tertiary/aromatic N) is 2. The molecule has 0 aromatic carbocycles. The minimum Gasteiger partial charge on any atom is -0.459 e. The van der Waals surface area contributed by atoms with Gasteiger partial charge in [0.15, 0.2) is 0 Å². The Morgan fingerprint density at radius 3 is 2.72 bits per heavy atom. The van der Waals surface area contributed by atoms with Gasteiger partial charge in [0.1, 0.15) is 10.7 Å². The van der Waals surface area contributed by atoms with Crippen LogP contribution in [0.3, 0.4) is 0 Å². The van der Waals surface area contributed by atoms with Crippen LogP contribution in [0.15, 0.2) is 6.20 Å². The molecule has 1 aliphatic rings. The van der Waals surface area contributed by atoms with Crippen LogP contribution in [0.25, 0.3) is 0 Å². The molecule has 0 saturated carbocycles. The summed E-state index contributed by atoms with van der Waals surface area (Å²) in [5.41, 5.74) is 2.05. The molecule has 3 rings (SSSR count). The van der Waals surface area contributed by atoms with Crippen LogP contribution in [0.1, 0.15) is 58.0 Å². The number of halogens is 1. The van der Waals surface area contributed by atoms with E-state index in [9.17, 15) is 9.59 Å². The van der Waals surface area contributed by atoms with Gasteiger partial charge < -0.3 is 10.1 Å². The number of fused-ring (bicyclic) bond motifs is 1. The average molecular weight is 473 g/mol. The summed E-state index contributed by atoms with van der Waals surface area (Å²) in [5.74, 6) is -0.619. The van der Waals surface area contributed by atoms with Crippen molar-refractivity contribution >= 4 is 50.8 Å². The molecule has 0 bridgehead atoms. The Balaban J connectivity index is 1.96. The van der Waals surface area contributed by atoms with Gasteiger partial charge in [-0.2, -0.15) is 5.10 Å². The van der Waals surface area contributed by atoms with Crippen LogP contribution < -0.4 is 5.32 Å². The number of ether oxygens (including phenoxy) is 1. The molecule has 2 aromatic rings. The lowest BCUT2D eigenvalue weighted by atomic mass is 9.95. The van der Waals surface area contributed by atoms with Crippen molar-refractivity contribution in [3.63, 3.8) is 0 Å². The highest BCUT2D eigenvalue weighted by molar-refractivity contribution is 14.1. The van der Waals surface area contributed by atoms with Crippen molar-refractivity contribution in [2.75, 3.05) is 5.32 Å². The van der Waals surface area contributed by atoms with Crippen LogP contribution in [0, 0.1) is 3.57 Å². The molecule has 0 atom stereocenters. The molecular weight excluding hydrogens is 453 g/mol. The van der Waals surface area contributed by atoms with E-state index in [0.29, 0.717) is 16.3 Å². The average Bonchev–Trinajstić information content (AvgIpc) is 3.06. The Kier molecular flexibility index (Phi) is 5.47. The van der Waals surface area contributed by atoms with Crippen LogP contribution in [-0.2, 0) is 24.6 Å². The largest absolute Gasteiger partial charge is 0.459 e. The highest BCUT2D eigenvalue weighted by Crippen LogP contribution is 2.39. The highest BCUT2D eigenvalue weighted by Gasteiger charge is 2.28. The van der Waals surface area contributed by atoms with E-state index in [-0.39, 0.29) is 18.0 Å². The van der Waals surface area contributed by atoms with Gasteiger partial charge in [0, 0.05) is 11.9 Å². The third kappa shape index (κ3) is 3.74. The van der Waals surface area contributed by atoms with Gasteiger partial charge in [-0.3, -0.25) is 9.48 Å². The van der Waals surface area contributed by atoms with E-state index in [1.54, 1.807) is 13.2 Å². The van der Waals surface area contributed by atoms with E-state index in [1.165, 1.54) is 20.9 Å². The van der Waals surface area contributed by atoms with Crippen molar-refractivity contribution in [2.24, 2.45) is 7.05 Å². The number of thiophene rings is 1. The zero-order chi connectivity index (χ0) is 18.1. The highest BCUT2D eigenvalue weighted by atomic mass is 127. The van der Waals surface area contributed by atoms with Gasteiger partial charge in [0.25, 0.3) is 5.91 Å². The molecule has 0 aliphatic heterocycles. The molecule has 134 valence electrons. The van der Waals surface area contributed by atoms with Gasteiger partial charge in [-0.05, 0) is 67.7 Å². The number of carbonyl (C=O) groups is 2. The second-order valence-electron chi connectivity index (χ2n) is 6.29. The lowest BCUT2D eigenvalue weighted by molar-refractivity contribution is 0.0378. The smallest absolute Gasteiger partial charge is 0.341 e. The lowest BCUT2D eigenvalue weighted by Crippen LogP contribution is -2.20. The molecular formula is C17H20IN3O3S. The first-order valence-electron chi connectivity index (χ1n) is 8.22. The van der Waals surface area contributed by atoms with Crippen molar-refractivity contribution in [1.29, 1.82) is 0 Å². The molecule has 1 N–H and O–H groups in total. The van der Waals surface area contributed by atoms with E-state index >= 15 is 0 Å². The molecule has 2 aromatic heterocycles. The third-order valence-electron chi connectivity index (χ3n) is 4.05. The van der Waals surface area contributed by atoms with E-state index in [4.69, 9.17) is 4.74 Å². The summed E-state index contributed by atoms with van der Waals surface area (Å²) < 4.78 is 7.73. The molecule has 0 fully saturated rings. The first kappa shape index (κ1) is 18.4. The summed E-state index contributed by atoms with van der Waals surface area (Å²) in [4.78, 5) is 26.5. The number of aryl methyl sites for hydroxylation is 2. The van der Waals surface area contributed by atoms with Crippen molar-refractivity contribution in [2.45, 2.75) is 45.6 Å². The fraction of sp³-hybridized carbons (Fsp3) is 0.471. The van der Waals surface area contributed by atoms with Crippen LogP contribution in [0.2, 0.25) is 0 Å². The van der Waals surface area contributed by atoms with Crippen LogP contribution in [0.4, 0.5) is 5.00 Å². The van der Waals surface area contributed by atoms with E-state index in [0.717, 1.165) is 34.8 Å². The predicted octanol–water partition coefficient (Wildman–Crippen LogP) is 3.78. The second-order valence-corrected chi connectivity index (χ2v) is 8.56. The first-order valence-corrected chi connectivity index (χ1v) is 10.1. The molecule has 0 radical (unpaired) electrons. The first-order chi connectivity index (χ1) is 11.9. The van der Waals surface area contributed by atoms with Crippen molar-refractivity contribution in [1.82, 2.24) is 9.78 Å². The normalized spacial score (nSPS) is 13.6. The molecule has 6 nitrogen and oxygen atoms in total. The SMILES string of the molecule is CC(C)OC(=O)c1c(NC(=O)c2c(I)cnn2C)sc2c1CCCC2. The molecule has 1 amide bonds. The number of carbonyl (C=O) groups excluding carboxylic acids is 2. The van der Waals surface area contributed by atoms with Crippen LogP contribution in [-0.4, -0.2) is 27.8 Å². The standard InChI is InChI=1S/C17H20IN3O3S/c1-9(2)24-17(23)13-10-6-4-5-7-12(10)25-16(13)20-15(22)14-11(18)8-19-21(14)3/h8-9H,4-7H2,1-3H3,(H,20,22). The summed E-state index contributed by atoms with van der Waals surface area (Å²) in [6.07, 6.45) is 5.41. The number of rotatable bonds is 4. The van der Waals surface area contributed by atoms with E-state index < -0.39 is 0 Å². The van der Waals surface area contributed by atoms with Crippen LogP contribution in [0.5, 0.6) is 0 Å². The maximum absolute atomic E-state index is 12.7. The van der Waals surface area contributed by atoms with Crippen LogP contribution >= 0.6 is 33.9 Å². The number of amides is 1. The monoisotopic (exact) mass is 473 g/mol. The Hall–Kier alpha value is -1.42. The zero-order valence-corrected chi connectivity index (χ0v) is 17.4. The number of nitrogens with one attached hydrogen (secondary N) is 1. The molecule has 0 saturated heterocycles. The van der Waals surface area contributed by atoms with Gasteiger partial charge in [0.05, 0.1) is 21.4 Å². The maximum atomic E-state index is 12.7. The summed E-state index contributed by atoms with van der Waals surface area (Å²) in [5, 5.41) is 7.60. The maximum Gasteiger partial charge on any atom is 0.341 e. The summed E-state index contributed by atoms with van der Waals surface area (Å²) >= 11 is 3.57. The van der Waals surface area contributed by atoms with Gasteiger partial charge in [-0.25, -0.2) is 4.79 Å².